The summed E-state index contributed by atoms with van der Waals surface area (Å²) in [6, 6.07) is 0. The number of ether oxygens (including phenoxy) is 3. The predicted octanol–water partition coefficient (Wildman–Crippen LogP) is 11.3. The Morgan fingerprint density at radius 1 is 0.507 bits per heavy atom. The molecular formula is C48H95N15O4. The summed E-state index contributed by atoms with van der Waals surface area (Å²) in [5.41, 5.74) is 20.8. The van der Waals surface area contributed by atoms with Crippen LogP contribution in [0.4, 0.5) is 0 Å². The van der Waals surface area contributed by atoms with E-state index in [1.807, 2.05) is 28.0 Å². The smallest absolute Gasteiger partial charge is 0.0827 e. The van der Waals surface area contributed by atoms with E-state index in [0.29, 0.717) is 67.7 Å². The van der Waals surface area contributed by atoms with Gasteiger partial charge in [0.05, 0.1) is 63.1 Å². The van der Waals surface area contributed by atoms with Crippen molar-refractivity contribution in [3.05, 3.63) is 56.6 Å². The van der Waals surface area contributed by atoms with Gasteiger partial charge in [-0.25, -0.2) is 14.0 Å². The van der Waals surface area contributed by atoms with E-state index in [1.165, 1.54) is 0 Å². The van der Waals surface area contributed by atoms with Gasteiger partial charge in [0.2, 0.25) is 0 Å². The Labute approximate surface area is 405 Å². The quantitative estimate of drug-likeness (QED) is 0.0408. The summed E-state index contributed by atoms with van der Waals surface area (Å²) in [7, 11) is 1.69. The number of aryl methyl sites for hydroxylation is 3. The molecule has 0 aromatic carbocycles. The Balaban J connectivity index is 0. The van der Waals surface area contributed by atoms with Crippen molar-refractivity contribution in [3.63, 3.8) is 0 Å². The summed E-state index contributed by atoms with van der Waals surface area (Å²) in [6.07, 6.45) is 15.2. The van der Waals surface area contributed by atoms with E-state index < -0.39 is 0 Å². The van der Waals surface area contributed by atoms with Gasteiger partial charge in [-0.1, -0.05) is 137 Å². The van der Waals surface area contributed by atoms with Gasteiger partial charge in [-0.05, 0) is 95.9 Å². The molecule has 3 rings (SSSR count). The first-order valence-electron chi connectivity index (χ1n) is 24.1. The number of methoxy groups -OCH3 is 1. The molecule has 0 unspecified atom stereocenters. The molecule has 3 aromatic heterocycles. The molecule has 0 fully saturated rings. The van der Waals surface area contributed by atoms with E-state index in [4.69, 9.17) is 30.4 Å². The van der Waals surface area contributed by atoms with Crippen LogP contribution >= 0.6 is 0 Å². The van der Waals surface area contributed by atoms with E-state index in [9.17, 15) is 0 Å². The van der Waals surface area contributed by atoms with Gasteiger partial charge in [-0.2, -0.15) is 0 Å². The fourth-order valence-electron chi connectivity index (χ4n) is 4.96. The van der Waals surface area contributed by atoms with E-state index in [1.54, 1.807) is 11.8 Å². The first kappa shape index (κ1) is 65.0. The Morgan fingerprint density at radius 2 is 0.851 bits per heavy atom. The third-order valence-corrected chi connectivity index (χ3v) is 9.24. The minimum absolute atomic E-state index is 0.286. The summed E-state index contributed by atoms with van der Waals surface area (Å²) in [6.45, 7) is 41.7. The van der Waals surface area contributed by atoms with Gasteiger partial charge < -0.3 is 19.3 Å². The predicted molar refractivity (Wildman–Crippen MR) is 270 cm³/mol. The van der Waals surface area contributed by atoms with Gasteiger partial charge in [0.25, 0.3) is 0 Å². The molecule has 0 aliphatic rings. The second-order valence-electron chi connectivity index (χ2n) is 22.6. The molecule has 0 saturated carbocycles. The molecule has 0 spiro atoms. The molecule has 0 saturated heterocycles. The average Bonchev–Trinajstić information content (AvgIpc) is 3.99. The van der Waals surface area contributed by atoms with Crippen LogP contribution in [0.2, 0.25) is 0 Å². The largest absolute Gasteiger partial charge is 0.396 e. The zero-order chi connectivity index (χ0) is 51.4. The van der Waals surface area contributed by atoms with Crippen LogP contribution in [0.5, 0.6) is 0 Å². The molecule has 1 N–H and O–H groups in total. The van der Waals surface area contributed by atoms with Crippen molar-refractivity contribution in [2.75, 3.05) is 59.8 Å². The maximum Gasteiger partial charge on any atom is 0.0827 e. The number of hydrogen-bond donors (Lipinski definition) is 1. The summed E-state index contributed by atoms with van der Waals surface area (Å²) >= 11 is 0. The third-order valence-electron chi connectivity index (χ3n) is 9.24. The Morgan fingerprint density at radius 3 is 1.15 bits per heavy atom. The first-order chi connectivity index (χ1) is 31.2. The first-order valence-corrected chi connectivity index (χ1v) is 24.1. The van der Waals surface area contributed by atoms with E-state index in [-0.39, 0.29) is 5.41 Å². The molecule has 19 nitrogen and oxygen atoms in total. The van der Waals surface area contributed by atoms with Gasteiger partial charge in [0.15, 0.2) is 0 Å². The second kappa shape index (κ2) is 35.9. The molecule has 3 heterocycles. The van der Waals surface area contributed by atoms with Gasteiger partial charge in [-0.15, -0.1) is 15.3 Å². The molecule has 0 aliphatic carbocycles. The molecule has 19 heteroatoms. The van der Waals surface area contributed by atoms with Gasteiger partial charge >= 0.3 is 0 Å². The van der Waals surface area contributed by atoms with Crippen molar-refractivity contribution in [1.29, 1.82) is 0 Å². The van der Waals surface area contributed by atoms with E-state index in [2.05, 4.69) is 162 Å². The van der Waals surface area contributed by atoms with Crippen LogP contribution in [-0.2, 0) is 53.1 Å². The van der Waals surface area contributed by atoms with Crippen LogP contribution < -0.4 is 0 Å². The minimum atomic E-state index is 0.286. The molecule has 3 aromatic rings. The lowest BCUT2D eigenvalue weighted by atomic mass is 9.90. The molecular weight excluding hydrogens is 851 g/mol. The normalized spacial score (nSPS) is 11.6. The lowest BCUT2D eigenvalue weighted by Gasteiger charge is -2.16. The van der Waals surface area contributed by atoms with Crippen LogP contribution in [-0.4, -0.2) is 110 Å². The fraction of sp³-hybridized carbons (Fsp3) is 0.875. The van der Waals surface area contributed by atoms with Crippen molar-refractivity contribution < 1.29 is 19.3 Å². The topological polar surface area (TPSA) is 238 Å². The fourth-order valence-corrected chi connectivity index (χ4v) is 4.96. The molecule has 0 atom stereocenters. The van der Waals surface area contributed by atoms with E-state index in [0.717, 1.165) is 101 Å². The third kappa shape index (κ3) is 46.8. The van der Waals surface area contributed by atoms with E-state index >= 15 is 0 Å². The lowest BCUT2D eigenvalue weighted by molar-refractivity contribution is 0.124. The van der Waals surface area contributed by atoms with Crippen LogP contribution in [0.25, 0.3) is 20.9 Å². The average molecular weight is 946 g/mol. The van der Waals surface area contributed by atoms with Crippen LogP contribution in [0.1, 0.15) is 166 Å². The van der Waals surface area contributed by atoms with Crippen LogP contribution in [0.3, 0.4) is 0 Å². The minimum Gasteiger partial charge on any atom is -0.396 e. The SMILES string of the molecule is CC(C)(C)CCN=[N+]=[N-].CC(C)(C)CCO.CC(C)(C)CCc1cn(CCOCCN=[N+]=[N-])nn1.CCCOCCn1cc(CCC(C)(C)C)nn1.COCCn1cc(CCC(C)(C)C)nn1. The molecule has 0 bridgehead atoms. The maximum atomic E-state index is 8.40. The van der Waals surface area contributed by atoms with Gasteiger partial charge in [0, 0.05) is 61.8 Å². The lowest BCUT2D eigenvalue weighted by Crippen LogP contribution is -2.08. The van der Waals surface area contributed by atoms with Crippen molar-refractivity contribution in [3.8, 4) is 0 Å². The number of hydrogen-bond acceptors (Lipinski definition) is 12. The van der Waals surface area contributed by atoms with Crippen molar-refractivity contribution in [2.45, 2.75) is 188 Å². The number of aliphatic hydroxyl groups is 1. The summed E-state index contributed by atoms with van der Waals surface area (Å²) in [4.78, 5) is 5.32. The standard InChI is InChI=1S/C13H25N3O.C12H22N6O.C11H21N3O.C6H13N3.C6H14O/c1-5-9-17-10-8-16-11-12(14-15-16)6-7-13(2,3)4;1-12(2,3)5-4-11-10-18(17-15-11)7-9-19-8-6-14-16-13;1-11(2,3)6-5-10-9-14(13-12-10)7-8-15-4;1-6(2,3)4-5-8-9-7;1-6(2,3)4-5-7/h11H,5-10H2,1-4H3;10H,4-9H2,1-3H3;9H,5-8H2,1-4H3;4-5H2,1-3H3;7H,4-5H2,1-3H3. The summed E-state index contributed by atoms with van der Waals surface area (Å²) in [5, 5.41) is 39.9. The second-order valence-corrected chi connectivity index (χ2v) is 22.6. The van der Waals surface area contributed by atoms with Crippen LogP contribution in [0.15, 0.2) is 28.8 Å². The Hall–Kier alpha value is -4.12. The zero-order valence-electron chi connectivity index (χ0n) is 45.3. The Bertz CT molecular complexity index is 1730. The van der Waals surface area contributed by atoms with Crippen molar-refractivity contribution in [1.82, 2.24) is 45.0 Å². The highest BCUT2D eigenvalue weighted by molar-refractivity contribution is 4.95. The number of rotatable bonds is 23. The van der Waals surface area contributed by atoms with Crippen molar-refractivity contribution in [2.24, 2.45) is 37.3 Å². The molecule has 386 valence electrons. The number of azide groups is 2. The maximum absolute atomic E-state index is 8.40. The highest BCUT2D eigenvalue weighted by Gasteiger charge is 2.14. The molecule has 0 radical (unpaired) electrons. The number of aliphatic hydroxyl groups excluding tert-OH is 1. The van der Waals surface area contributed by atoms with Crippen molar-refractivity contribution >= 4 is 0 Å². The van der Waals surface area contributed by atoms with Gasteiger partial charge in [-0.3, -0.25) is 0 Å². The zero-order valence-corrected chi connectivity index (χ0v) is 45.3. The Kier molecular flexibility index (Phi) is 34.9. The number of aromatic nitrogens is 9. The highest BCUT2D eigenvalue weighted by Crippen LogP contribution is 2.22. The molecule has 67 heavy (non-hydrogen) atoms. The van der Waals surface area contributed by atoms with Crippen LogP contribution in [0, 0.1) is 27.1 Å². The molecule has 0 aliphatic heterocycles. The number of nitrogens with zero attached hydrogens (tertiary/aromatic N) is 15. The molecule has 0 amide bonds. The monoisotopic (exact) mass is 946 g/mol. The van der Waals surface area contributed by atoms with Gasteiger partial charge in [0.1, 0.15) is 0 Å². The highest BCUT2D eigenvalue weighted by atomic mass is 16.5. The summed E-state index contributed by atoms with van der Waals surface area (Å²) in [5.74, 6) is 0. The summed E-state index contributed by atoms with van der Waals surface area (Å²) < 4.78 is 21.2.